The van der Waals surface area contributed by atoms with Gasteiger partial charge in [-0.1, -0.05) is 36.4 Å². The first-order chi connectivity index (χ1) is 16.8. The topological polar surface area (TPSA) is 36.0 Å². The minimum atomic E-state index is -4.23. The Morgan fingerprint density at radius 3 is 2.54 bits per heavy atom. The molecule has 2 aromatic rings. The van der Waals surface area contributed by atoms with Crippen LogP contribution < -0.4 is 0 Å². The molecule has 2 fully saturated rings. The van der Waals surface area contributed by atoms with Gasteiger partial charge in [0.25, 0.3) is 5.91 Å². The van der Waals surface area contributed by atoms with E-state index in [1.54, 1.807) is 12.1 Å². The van der Waals surface area contributed by atoms with E-state index in [9.17, 15) is 22.4 Å². The SMILES string of the molecule is O=C([C@H]1CCN2CCN(CC(F)(F)F)C[C@@H]2CO1)N1CCc2ccccc2[C@@H]1c1ccc(F)cc1. The van der Waals surface area contributed by atoms with Crippen LogP contribution in [-0.2, 0) is 16.0 Å². The fourth-order valence-electron chi connectivity index (χ4n) is 5.59. The summed E-state index contributed by atoms with van der Waals surface area (Å²) in [6.07, 6.45) is -3.69. The summed E-state index contributed by atoms with van der Waals surface area (Å²) in [4.78, 5) is 19.2. The minimum Gasteiger partial charge on any atom is -0.367 e. The van der Waals surface area contributed by atoms with Gasteiger partial charge in [0.15, 0.2) is 0 Å². The Morgan fingerprint density at radius 1 is 1.00 bits per heavy atom. The van der Waals surface area contributed by atoms with Crippen molar-refractivity contribution >= 4 is 5.91 Å². The van der Waals surface area contributed by atoms with Gasteiger partial charge in [-0.3, -0.25) is 14.6 Å². The van der Waals surface area contributed by atoms with Gasteiger partial charge in [0, 0.05) is 38.8 Å². The lowest BCUT2D eigenvalue weighted by Gasteiger charge is -2.40. The van der Waals surface area contributed by atoms with Gasteiger partial charge in [0.2, 0.25) is 0 Å². The highest BCUT2D eigenvalue weighted by atomic mass is 19.4. The molecule has 35 heavy (non-hydrogen) atoms. The van der Waals surface area contributed by atoms with Crippen molar-refractivity contribution in [1.29, 1.82) is 0 Å². The Hall–Kier alpha value is -2.49. The molecule has 0 aliphatic carbocycles. The predicted octanol–water partition coefficient (Wildman–Crippen LogP) is 3.64. The lowest BCUT2D eigenvalue weighted by atomic mass is 9.87. The van der Waals surface area contributed by atoms with Crippen LogP contribution in [0.2, 0.25) is 0 Å². The number of halogens is 4. The van der Waals surface area contributed by atoms with Crippen LogP contribution in [-0.4, -0.2) is 84.8 Å². The van der Waals surface area contributed by atoms with Gasteiger partial charge in [-0.25, -0.2) is 4.39 Å². The molecule has 0 saturated carbocycles. The van der Waals surface area contributed by atoms with Crippen LogP contribution in [0.1, 0.15) is 29.2 Å². The number of piperazine rings is 1. The molecular weight excluding hydrogens is 462 g/mol. The van der Waals surface area contributed by atoms with E-state index in [0.717, 1.165) is 16.7 Å². The average Bonchev–Trinajstić information content (AvgIpc) is 3.05. The molecule has 188 valence electrons. The maximum atomic E-state index is 13.8. The zero-order chi connectivity index (χ0) is 24.6. The number of alkyl halides is 3. The first-order valence-electron chi connectivity index (χ1n) is 12.1. The summed E-state index contributed by atoms with van der Waals surface area (Å²) in [5.41, 5.74) is 3.02. The summed E-state index contributed by atoms with van der Waals surface area (Å²) >= 11 is 0. The van der Waals surface area contributed by atoms with E-state index in [0.29, 0.717) is 39.0 Å². The Balaban J connectivity index is 1.33. The smallest absolute Gasteiger partial charge is 0.367 e. The molecule has 5 nitrogen and oxygen atoms in total. The number of rotatable bonds is 3. The predicted molar refractivity (Wildman–Crippen MR) is 122 cm³/mol. The summed E-state index contributed by atoms with van der Waals surface area (Å²) < 4.78 is 58.3. The number of fused-ring (bicyclic) bond motifs is 2. The minimum absolute atomic E-state index is 0.124. The van der Waals surface area contributed by atoms with Crippen molar-refractivity contribution in [3.8, 4) is 0 Å². The Kier molecular flexibility index (Phi) is 6.83. The van der Waals surface area contributed by atoms with E-state index in [1.807, 2.05) is 23.1 Å². The zero-order valence-corrected chi connectivity index (χ0v) is 19.4. The largest absolute Gasteiger partial charge is 0.401 e. The van der Waals surface area contributed by atoms with Crippen molar-refractivity contribution in [2.45, 2.75) is 37.2 Å². The molecule has 5 rings (SSSR count). The van der Waals surface area contributed by atoms with E-state index < -0.39 is 18.8 Å². The Bertz CT molecular complexity index is 1050. The fraction of sp³-hybridized carbons (Fsp3) is 0.500. The Morgan fingerprint density at radius 2 is 1.77 bits per heavy atom. The van der Waals surface area contributed by atoms with Gasteiger partial charge in [-0.05, 0) is 41.7 Å². The number of hydrogen-bond donors (Lipinski definition) is 0. The molecular formula is C26H29F4N3O2. The van der Waals surface area contributed by atoms with E-state index in [-0.39, 0.29) is 37.0 Å². The number of hydrogen-bond acceptors (Lipinski definition) is 4. The Labute approximate surface area is 202 Å². The second kappa shape index (κ2) is 9.87. The normalized spacial score (nSPS) is 26.1. The molecule has 1 amide bonds. The maximum Gasteiger partial charge on any atom is 0.401 e. The average molecular weight is 492 g/mol. The second-order valence-corrected chi connectivity index (χ2v) is 9.59. The molecule has 3 heterocycles. The van der Waals surface area contributed by atoms with E-state index in [2.05, 4.69) is 11.0 Å². The summed E-state index contributed by atoms with van der Waals surface area (Å²) in [5, 5.41) is 0. The van der Waals surface area contributed by atoms with Crippen LogP contribution in [0, 0.1) is 5.82 Å². The van der Waals surface area contributed by atoms with Crippen molar-refractivity contribution in [3.05, 3.63) is 71.0 Å². The van der Waals surface area contributed by atoms with Gasteiger partial charge in [-0.2, -0.15) is 13.2 Å². The van der Waals surface area contributed by atoms with Gasteiger partial charge in [-0.15, -0.1) is 0 Å². The highest BCUT2D eigenvalue weighted by molar-refractivity contribution is 5.82. The van der Waals surface area contributed by atoms with Crippen LogP contribution in [0.25, 0.3) is 0 Å². The number of amides is 1. The lowest BCUT2D eigenvalue weighted by Crippen LogP contribution is -2.55. The van der Waals surface area contributed by atoms with Crippen molar-refractivity contribution in [1.82, 2.24) is 14.7 Å². The lowest BCUT2D eigenvalue weighted by molar-refractivity contribution is -0.153. The van der Waals surface area contributed by atoms with Crippen LogP contribution in [0.15, 0.2) is 48.5 Å². The maximum absolute atomic E-state index is 13.8. The summed E-state index contributed by atoms with van der Waals surface area (Å²) in [6.45, 7) is 1.57. The van der Waals surface area contributed by atoms with Gasteiger partial charge in [0.05, 0.1) is 19.2 Å². The van der Waals surface area contributed by atoms with Crippen molar-refractivity contribution < 1.29 is 27.1 Å². The third kappa shape index (κ3) is 5.37. The third-order valence-corrected chi connectivity index (χ3v) is 7.29. The van der Waals surface area contributed by atoms with Crippen LogP contribution in [0.4, 0.5) is 17.6 Å². The number of benzene rings is 2. The molecule has 2 aromatic carbocycles. The molecule has 0 spiro atoms. The highest BCUT2D eigenvalue weighted by Crippen LogP contribution is 2.36. The quantitative estimate of drug-likeness (QED) is 0.615. The zero-order valence-electron chi connectivity index (χ0n) is 19.4. The second-order valence-electron chi connectivity index (χ2n) is 9.59. The van der Waals surface area contributed by atoms with Crippen LogP contribution >= 0.6 is 0 Å². The molecule has 3 aliphatic rings. The molecule has 2 saturated heterocycles. The van der Waals surface area contributed by atoms with E-state index in [1.165, 1.54) is 17.0 Å². The van der Waals surface area contributed by atoms with Crippen molar-refractivity contribution in [2.24, 2.45) is 0 Å². The molecule has 3 aliphatic heterocycles. The number of nitrogens with zero attached hydrogens (tertiary/aromatic N) is 3. The highest BCUT2D eigenvalue weighted by Gasteiger charge is 2.40. The third-order valence-electron chi connectivity index (χ3n) is 7.29. The number of ether oxygens (including phenoxy) is 1. The van der Waals surface area contributed by atoms with E-state index >= 15 is 0 Å². The fourth-order valence-corrected chi connectivity index (χ4v) is 5.59. The van der Waals surface area contributed by atoms with Crippen molar-refractivity contribution in [3.63, 3.8) is 0 Å². The molecule has 0 bridgehead atoms. The van der Waals surface area contributed by atoms with E-state index in [4.69, 9.17) is 4.74 Å². The van der Waals surface area contributed by atoms with Gasteiger partial charge in [0.1, 0.15) is 11.9 Å². The molecule has 0 aromatic heterocycles. The van der Waals surface area contributed by atoms with Crippen LogP contribution in [0.5, 0.6) is 0 Å². The summed E-state index contributed by atoms with van der Waals surface area (Å²) in [6, 6.07) is 13.7. The number of carbonyl (C=O) groups excluding carboxylic acids is 1. The van der Waals surface area contributed by atoms with Gasteiger partial charge < -0.3 is 9.64 Å². The number of carbonyl (C=O) groups is 1. The summed E-state index contributed by atoms with van der Waals surface area (Å²) in [5.74, 6) is -0.458. The standard InChI is InChI=1S/C26H29F4N3O2/c27-20-7-5-19(6-8-20)24-22-4-2-1-3-18(22)9-12-33(24)25(34)23-10-11-32-14-13-31(17-26(28,29)30)15-21(32)16-35-23/h1-8,21,23-24H,9-17H2/t21-,23-,24+/m1/s1. The van der Waals surface area contributed by atoms with Crippen molar-refractivity contribution in [2.75, 3.05) is 45.9 Å². The summed E-state index contributed by atoms with van der Waals surface area (Å²) in [7, 11) is 0. The van der Waals surface area contributed by atoms with Gasteiger partial charge >= 0.3 is 6.18 Å². The molecule has 9 heteroatoms. The van der Waals surface area contributed by atoms with Crippen LogP contribution in [0.3, 0.4) is 0 Å². The molecule has 0 radical (unpaired) electrons. The molecule has 0 N–H and O–H groups in total. The molecule has 3 atom stereocenters. The first kappa shape index (κ1) is 24.2. The first-order valence-corrected chi connectivity index (χ1v) is 12.1. The molecule has 0 unspecified atom stereocenters. The monoisotopic (exact) mass is 491 g/mol.